The second kappa shape index (κ2) is 6.37. The molecule has 0 aliphatic rings. The quantitative estimate of drug-likeness (QED) is 0.739. The van der Waals surface area contributed by atoms with Crippen molar-refractivity contribution in [2.24, 2.45) is 7.05 Å². The van der Waals surface area contributed by atoms with Crippen molar-refractivity contribution >= 4 is 0 Å². The summed E-state index contributed by atoms with van der Waals surface area (Å²) >= 11 is 0. The molecule has 0 aliphatic carbocycles. The SMILES string of the molecule is Cn1c(Oc2ccc(-c3cccc(C#N)c3)cc2)cc(=O)n(O)c1=O. The molecule has 1 N–H and O–H groups in total. The number of aromatic nitrogens is 2. The minimum Gasteiger partial charge on any atom is -0.440 e. The van der Waals surface area contributed by atoms with E-state index in [2.05, 4.69) is 6.07 Å². The number of benzene rings is 2. The third kappa shape index (κ3) is 3.14. The standard InChI is InChI=1S/C18H13N3O4/c1-20-17(10-16(22)21(24)18(20)23)25-15-7-5-13(6-8-15)14-4-2-3-12(9-14)11-19/h2-10,24H,1H3. The Hall–Kier alpha value is -3.79. The van der Waals surface area contributed by atoms with Crippen molar-refractivity contribution in [2.45, 2.75) is 0 Å². The van der Waals surface area contributed by atoms with Gasteiger partial charge in [0.25, 0.3) is 5.56 Å². The molecule has 3 rings (SSSR count). The van der Waals surface area contributed by atoms with Crippen LogP contribution in [-0.2, 0) is 7.05 Å². The van der Waals surface area contributed by atoms with Crippen LogP contribution in [0, 0.1) is 11.3 Å². The first-order chi connectivity index (χ1) is 12.0. The number of rotatable bonds is 3. The van der Waals surface area contributed by atoms with E-state index in [0.717, 1.165) is 21.8 Å². The van der Waals surface area contributed by atoms with E-state index in [1.807, 2.05) is 6.07 Å². The Balaban J connectivity index is 1.90. The van der Waals surface area contributed by atoms with Crippen LogP contribution in [0.2, 0.25) is 0 Å². The van der Waals surface area contributed by atoms with E-state index < -0.39 is 11.2 Å². The van der Waals surface area contributed by atoms with Crippen molar-refractivity contribution in [2.75, 3.05) is 0 Å². The first kappa shape index (κ1) is 16.1. The molecule has 0 aliphatic heterocycles. The molecule has 0 radical (unpaired) electrons. The van der Waals surface area contributed by atoms with Gasteiger partial charge in [0.1, 0.15) is 5.75 Å². The average Bonchev–Trinajstić information content (AvgIpc) is 2.65. The molecule has 3 aromatic rings. The van der Waals surface area contributed by atoms with Crippen molar-refractivity contribution in [3.63, 3.8) is 0 Å². The van der Waals surface area contributed by atoms with Gasteiger partial charge in [-0.15, -0.1) is 0 Å². The predicted molar refractivity (Wildman–Crippen MR) is 89.8 cm³/mol. The van der Waals surface area contributed by atoms with E-state index in [0.29, 0.717) is 11.3 Å². The Morgan fingerprint density at radius 2 is 1.76 bits per heavy atom. The van der Waals surface area contributed by atoms with Gasteiger partial charge >= 0.3 is 5.69 Å². The Morgan fingerprint density at radius 3 is 2.44 bits per heavy atom. The smallest absolute Gasteiger partial charge is 0.366 e. The van der Waals surface area contributed by atoms with Gasteiger partial charge in [-0.2, -0.15) is 5.26 Å². The summed E-state index contributed by atoms with van der Waals surface area (Å²) in [5.74, 6) is 0.435. The Kier molecular flexibility index (Phi) is 4.10. The van der Waals surface area contributed by atoms with E-state index in [-0.39, 0.29) is 10.6 Å². The molecule has 0 saturated heterocycles. The van der Waals surface area contributed by atoms with Gasteiger partial charge in [-0.1, -0.05) is 29.0 Å². The lowest BCUT2D eigenvalue weighted by Crippen LogP contribution is -2.37. The average molecular weight is 335 g/mol. The molecule has 7 heteroatoms. The Labute approximate surface area is 142 Å². The minimum absolute atomic E-state index is 0.0120. The fourth-order valence-electron chi connectivity index (χ4n) is 2.30. The van der Waals surface area contributed by atoms with Crippen LogP contribution in [0.5, 0.6) is 11.6 Å². The fourth-order valence-corrected chi connectivity index (χ4v) is 2.30. The van der Waals surface area contributed by atoms with E-state index in [1.165, 1.54) is 7.05 Å². The number of nitrogens with zero attached hydrogens (tertiary/aromatic N) is 3. The van der Waals surface area contributed by atoms with Crippen LogP contribution in [0.3, 0.4) is 0 Å². The fraction of sp³-hybridized carbons (Fsp3) is 0.0556. The highest BCUT2D eigenvalue weighted by Crippen LogP contribution is 2.25. The van der Waals surface area contributed by atoms with Crippen molar-refractivity contribution in [1.82, 2.24) is 9.30 Å². The molecule has 0 saturated carbocycles. The molecule has 0 atom stereocenters. The van der Waals surface area contributed by atoms with Crippen LogP contribution < -0.4 is 16.0 Å². The molecule has 0 unspecified atom stereocenters. The molecule has 1 heterocycles. The highest BCUT2D eigenvalue weighted by Gasteiger charge is 2.09. The van der Waals surface area contributed by atoms with Gasteiger partial charge < -0.3 is 9.94 Å². The topological polar surface area (TPSA) is 97.2 Å². The summed E-state index contributed by atoms with van der Waals surface area (Å²) in [5.41, 5.74) is 0.581. The third-order valence-electron chi connectivity index (χ3n) is 3.66. The van der Waals surface area contributed by atoms with Crippen LogP contribution in [0.1, 0.15) is 5.56 Å². The summed E-state index contributed by atoms with van der Waals surface area (Å²) in [5, 5.41) is 18.2. The molecule has 7 nitrogen and oxygen atoms in total. The molecule has 1 aromatic heterocycles. The highest BCUT2D eigenvalue weighted by molar-refractivity contribution is 5.65. The maximum Gasteiger partial charge on any atom is 0.366 e. The number of nitriles is 1. The predicted octanol–water partition coefficient (Wildman–Crippen LogP) is 2.12. The first-order valence-corrected chi connectivity index (χ1v) is 7.30. The van der Waals surface area contributed by atoms with Gasteiger partial charge in [-0.05, 0) is 35.4 Å². The zero-order chi connectivity index (χ0) is 18.0. The number of hydrogen-bond acceptors (Lipinski definition) is 5. The van der Waals surface area contributed by atoms with Gasteiger partial charge in [-0.3, -0.25) is 9.36 Å². The molecular weight excluding hydrogens is 322 g/mol. The maximum atomic E-state index is 11.7. The van der Waals surface area contributed by atoms with Crippen molar-refractivity contribution in [1.29, 1.82) is 5.26 Å². The highest BCUT2D eigenvalue weighted by atomic mass is 16.5. The van der Waals surface area contributed by atoms with Crippen molar-refractivity contribution in [3.05, 3.63) is 81.0 Å². The van der Waals surface area contributed by atoms with Crippen molar-refractivity contribution in [3.8, 4) is 28.8 Å². The van der Waals surface area contributed by atoms with Crippen LogP contribution in [0.25, 0.3) is 11.1 Å². The zero-order valence-corrected chi connectivity index (χ0v) is 13.2. The van der Waals surface area contributed by atoms with E-state index in [1.54, 1.807) is 42.5 Å². The molecule has 0 spiro atoms. The van der Waals surface area contributed by atoms with Gasteiger partial charge in [-0.25, -0.2) is 4.79 Å². The van der Waals surface area contributed by atoms with Gasteiger partial charge in [0, 0.05) is 7.05 Å². The molecule has 25 heavy (non-hydrogen) atoms. The van der Waals surface area contributed by atoms with E-state index >= 15 is 0 Å². The molecule has 124 valence electrons. The van der Waals surface area contributed by atoms with Gasteiger partial charge in [0.15, 0.2) is 0 Å². The summed E-state index contributed by atoms with van der Waals surface area (Å²) in [6.07, 6.45) is 0. The normalized spacial score (nSPS) is 10.2. The lowest BCUT2D eigenvalue weighted by Gasteiger charge is -2.10. The molecule has 0 amide bonds. The van der Waals surface area contributed by atoms with Crippen LogP contribution >= 0.6 is 0 Å². The minimum atomic E-state index is -0.896. The molecule has 2 aromatic carbocycles. The lowest BCUT2D eigenvalue weighted by atomic mass is 10.0. The molecular formula is C18H13N3O4. The molecule has 0 fully saturated rings. The zero-order valence-electron chi connectivity index (χ0n) is 13.2. The maximum absolute atomic E-state index is 11.7. The van der Waals surface area contributed by atoms with Crippen LogP contribution in [0.15, 0.2) is 64.2 Å². The number of ether oxygens (including phenoxy) is 1. The first-order valence-electron chi connectivity index (χ1n) is 7.30. The van der Waals surface area contributed by atoms with Crippen LogP contribution in [0.4, 0.5) is 0 Å². The third-order valence-corrected chi connectivity index (χ3v) is 3.66. The van der Waals surface area contributed by atoms with Gasteiger partial charge in [0.2, 0.25) is 5.88 Å². The lowest BCUT2D eigenvalue weighted by molar-refractivity contribution is 0.153. The van der Waals surface area contributed by atoms with E-state index in [4.69, 9.17) is 10.00 Å². The largest absolute Gasteiger partial charge is 0.440 e. The van der Waals surface area contributed by atoms with E-state index in [9.17, 15) is 14.8 Å². The van der Waals surface area contributed by atoms with Crippen LogP contribution in [-0.4, -0.2) is 14.5 Å². The second-order valence-corrected chi connectivity index (χ2v) is 5.29. The summed E-state index contributed by atoms with van der Waals surface area (Å²) < 4.78 is 6.58. The Morgan fingerprint density at radius 1 is 1.04 bits per heavy atom. The van der Waals surface area contributed by atoms with Gasteiger partial charge in [0.05, 0.1) is 17.7 Å². The second-order valence-electron chi connectivity index (χ2n) is 5.29. The Bertz CT molecular complexity index is 1090. The number of hydrogen-bond donors (Lipinski definition) is 1. The molecule has 0 bridgehead atoms. The monoisotopic (exact) mass is 335 g/mol. The summed E-state index contributed by atoms with van der Waals surface area (Å²) in [6, 6.07) is 17.3. The van der Waals surface area contributed by atoms with Crippen molar-refractivity contribution < 1.29 is 9.94 Å². The summed E-state index contributed by atoms with van der Waals surface area (Å²) in [6.45, 7) is 0. The summed E-state index contributed by atoms with van der Waals surface area (Å²) in [7, 11) is 1.38. The summed E-state index contributed by atoms with van der Waals surface area (Å²) in [4.78, 5) is 23.2.